The highest BCUT2D eigenvalue weighted by atomic mass is 35.5. The van der Waals surface area contributed by atoms with Crippen molar-refractivity contribution in [2.75, 3.05) is 26.2 Å². The SMILES string of the molecule is Cl.Cl.Clc1ccc(CN2CCN(Cc3ccccc3)CC2)c(Cl)c1. The number of hydrogen-bond acceptors (Lipinski definition) is 2. The number of nitrogens with zero attached hydrogens (tertiary/aromatic N) is 2. The summed E-state index contributed by atoms with van der Waals surface area (Å²) in [5.41, 5.74) is 2.54. The van der Waals surface area contributed by atoms with Crippen LogP contribution in [-0.4, -0.2) is 36.0 Å². The lowest BCUT2D eigenvalue weighted by molar-refractivity contribution is 0.122. The maximum absolute atomic E-state index is 6.26. The summed E-state index contributed by atoms with van der Waals surface area (Å²) in [6.45, 7) is 6.28. The molecule has 0 bridgehead atoms. The van der Waals surface area contributed by atoms with Gasteiger partial charge in [-0.15, -0.1) is 24.8 Å². The van der Waals surface area contributed by atoms with E-state index < -0.39 is 0 Å². The Morgan fingerprint density at radius 3 is 1.92 bits per heavy atom. The molecule has 1 aliphatic rings. The highest BCUT2D eigenvalue weighted by Gasteiger charge is 2.17. The first kappa shape index (κ1) is 21.6. The fourth-order valence-electron chi connectivity index (χ4n) is 2.84. The van der Waals surface area contributed by atoms with Gasteiger partial charge in [0.15, 0.2) is 0 Å². The van der Waals surface area contributed by atoms with Gasteiger partial charge in [0, 0.05) is 49.3 Å². The first-order chi connectivity index (χ1) is 10.7. The lowest BCUT2D eigenvalue weighted by atomic mass is 10.1. The summed E-state index contributed by atoms with van der Waals surface area (Å²) in [6.07, 6.45) is 0. The van der Waals surface area contributed by atoms with Crippen LogP contribution in [0.25, 0.3) is 0 Å². The fraction of sp³-hybridized carbons (Fsp3) is 0.333. The minimum Gasteiger partial charge on any atom is -0.297 e. The zero-order chi connectivity index (χ0) is 15.4. The molecule has 2 aromatic carbocycles. The minimum atomic E-state index is 0. The summed E-state index contributed by atoms with van der Waals surface area (Å²) in [4.78, 5) is 4.96. The van der Waals surface area contributed by atoms with Gasteiger partial charge in [-0.1, -0.05) is 59.6 Å². The third-order valence-corrected chi connectivity index (χ3v) is 4.71. The Labute approximate surface area is 166 Å². The van der Waals surface area contributed by atoms with Crippen LogP contribution in [-0.2, 0) is 13.1 Å². The quantitative estimate of drug-likeness (QED) is 0.690. The first-order valence-electron chi connectivity index (χ1n) is 7.63. The highest BCUT2D eigenvalue weighted by molar-refractivity contribution is 6.35. The Bertz CT molecular complexity index is 614. The fourth-order valence-corrected chi connectivity index (χ4v) is 3.31. The Balaban J connectivity index is 0.00000144. The summed E-state index contributed by atoms with van der Waals surface area (Å²) in [6, 6.07) is 16.4. The summed E-state index contributed by atoms with van der Waals surface area (Å²) >= 11 is 12.2. The Kier molecular flexibility index (Phi) is 9.43. The van der Waals surface area contributed by atoms with Gasteiger partial charge in [-0.3, -0.25) is 9.80 Å². The van der Waals surface area contributed by atoms with E-state index in [2.05, 4.69) is 40.1 Å². The van der Waals surface area contributed by atoms with E-state index in [0.717, 1.165) is 49.9 Å². The van der Waals surface area contributed by atoms with Gasteiger partial charge in [0.05, 0.1) is 0 Å². The molecule has 0 saturated carbocycles. The van der Waals surface area contributed by atoms with E-state index in [1.807, 2.05) is 18.2 Å². The second-order valence-corrected chi connectivity index (χ2v) is 6.62. The van der Waals surface area contributed by atoms with E-state index in [-0.39, 0.29) is 24.8 Å². The van der Waals surface area contributed by atoms with Crippen molar-refractivity contribution >= 4 is 48.0 Å². The maximum Gasteiger partial charge on any atom is 0.0465 e. The lowest BCUT2D eigenvalue weighted by Crippen LogP contribution is -2.45. The van der Waals surface area contributed by atoms with Crippen molar-refractivity contribution in [2.45, 2.75) is 13.1 Å². The normalized spacial score (nSPS) is 15.4. The standard InChI is InChI=1S/C18H20Cl2N2.2ClH/c19-17-7-6-16(18(20)12-17)14-22-10-8-21(9-11-22)13-15-4-2-1-3-5-15;;/h1-7,12H,8-11,13-14H2;2*1H. The molecule has 0 aromatic heterocycles. The van der Waals surface area contributed by atoms with Crippen LogP contribution in [0.1, 0.15) is 11.1 Å². The Hall–Kier alpha value is -0.480. The van der Waals surface area contributed by atoms with E-state index in [0.29, 0.717) is 5.02 Å². The Morgan fingerprint density at radius 1 is 0.750 bits per heavy atom. The summed E-state index contributed by atoms with van der Waals surface area (Å²) in [5, 5.41) is 1.46. The molecule has 0 unspecified atom stereocenters. The van der Waals surface area contributed by atoms with Crippen molar-refractivity contribution in [3.63, 3.8) is 0 Å². The lowest BCUT2D eigenvalue weighted by Gasteiger charge is -2.34. The summed E-state index contributed by atoms with van der Waals surface area (Å²) < 4.78 is 0. The van der Waals surface area contributed by atoms with E-state index in [1.165, 1.54) is 5.56 Å². The molecule has 1 heterocycles. The van der Waals surface area contributed by atoms with Gasteiger partial charge in [0.2, 0.25) is 0 Å². The predicted octanol–water partition coefficient (Wildman–Crippen LogP) is 5.15. The van der Waals surface area contributed by atoms with Crippen LogP contribution in [0.2, 0.25) is 10.0 Å². The minimum absolute atomic E-state index is 0. The molecule has 3 rings (SSSR count). The van der Waals surface area contributed by atoms with Crippen LogP contribution in [0, 0.1) is 0 Å². The van der Waals surface area contributed by atoms with E-state index >= 15 is 0 Å². The van der Waals surface area contributed by atoms with Crippen LogP contribution in [0.4, 0.5) is 0 Å². The van der Waals surface area contributed by atoms with Crippen molar-refractivity contribution in [2.24, 2.45) is 0 Å². The molecule has 0 N–H and O–H groups in total. The van der Waals surface area contributed by atoms with Gasteiger partial charge in [-0.2, -0.15) is 0 Å². The number of piperazine rings is 1. The van der Waals surface area contributed by atoms with Crippen molar-refractivity contribution in [3.05, 3.63) is 69.7 Å². The molecule has 0 radical (unpaired) electrons. The summed E-state index contributed by atoms with van der Waals surface area (Å²) in [7, 11) is 0. The third kappa shape index (κ3) is 6.11. The van der Waals surface area contributed by atoms with E-state index in [9.17, 15) is 0 Å². The van der Waals surface area contributed by atoms with Crippen molar-refractivity contribution in [3.8, 4) is 0 Å². The second-order valence-electron chi connectivity index (χ2n) is 5.77. The number of benzene rings is 2. The molecular formula is C18H22Cl4N2. The number of halogens is 4. The topological polar surface area (TPSA) is 6.48 Å². The van der Waals surface area contributed by atoms with Crippen LogP contribution < -0.4 is 0 Å². The molecule has 0 amide bonds. The van der Waals surface area contributed by atoms with E-state index in [4.69, 9.17) is 23.2 Å². The van der Waals surface area contributed by atoms with Gasteiger partial charge in [0.1, 0.15) is 0 Å². The van der Waals surface area contributed by atoms with E-state index in [1.54, 1.807) is 0 Å². The number of hydrogen-bond donors (Lipinski definition) is 0. The smallest absolute Gasteiger partial charge is 0.0465 e. The summed E-state index contributed by atoms with van der Waals surface area (Å²) in [5.74, 6) is 0. The molecule has 0 atom stereocenters. The zero-order valence-electron chi connectivity index (χ0n) is 13.3. The molecule has 24 heavy (non-hydrogen) atoms. The molecule has 2 nitrogen and oxygen atoms in total. The molecule has 0 spiro atoms. The Morgan fingerprint density at radius 2 is 1.33 bits per heavy atom. The largest absolute Gasteiger partial charge is 0.297 e. The average Bonchev–Trinajstić information content (AvgIpc) is 2.53. The molecular weight excluding hydrogens is 386 g/mol. The maximum atomic E-state index is 6.26. The van der Waals surface area contributed by atoms with Gasteiger partial charge in [-0.25, -0.2) is 0 Å². The molecule has 1 aliphatic heterocycles. The molecule has 2 aromatic rings. The molecule has 0 aliphatic carbocycles. The average molecular weight is 408 g/mol. The van der Waals surface area contributed by atoms with Gasteiger partial charge in [-0.05, 0) is 23.3 Å². The first-order valence-corrected chi connectivity index (χ1v) is 8.39. The van der Waals surface area contributed by atoms with Gasteiger partial charge >= 0.3 is 0 Å². The van der Waals surface area contributed by atoms with Crippen LogP contribution in [0.5, 0.6) is 0 Å². The highest BCUT2D eigenvalue weighted by Crippen LogP contribution is 2.22. The monoisotopic (exact) mass is 406 g/mol. The van der Waals surface area contributed by atoms with Crippen LogP contribution in [0.15, 0.2) is 48.5 Å². The molecule has 1 saturated heterocycles. The van der Waals surface area contributed by atoms with Crippen molar-refractivity contribution in [1.29, 1.82) is 0 Å². The third-order valence-electron chi connectivity index (χ3n) is 4.12. The predicted molar refractivity (Wildman–Crippen MR) is 108 cm³/mol. The van der Waals surface area contributed by atoms with Gasteiger partial charge < -0.3 is 0 Å². The molecule has 132 valence electrons. The van der Waals surface area contributed by atoms with Crippen molar-refractivity contribution in [1.82, 2.24) is 9.80 Å². The second kappa shape index (κ2) is 10.5. The van der Waals surface area contributed by atoms with Crippen LogP contribution in [0.3, 0.4) is 0 Å². The molecule has 1 fully saturated rings. The van der Waals surface area contributed by atoms with Crippen LogP contribution >= 0.6 is 48.0 Å². The van der Waals surface area contributed by atoms with Gasteiger partial charge in [0.25, 0.3) is 0 Å². The molecule has 6 heteroatoms. The zero-order valence-corrected chi connectivity index (χ0v) is 16.5. The van der Waals surface area contributed by atoms with Crippen molar-refractivity contribution < 1.29 is 0 Å². The number of rotatable bonds is 4.